The Morgan fingerprint density at radius 3 is 2.63 bits per heavy atom. The first-order valence-electron chi connectivity index (χ1n) is 8.42. The van der Waals surface area contributed by atoms with Crippen molar-refractivity contribution in [1.29, 1.82) is 0 Å². The lowest BCUT2D eigenvalue weighted by atomic mass is 10.2. The first kappa shape index (κ1) is 20.8. The van der Waals surface area contributed by atoms with Crippen molar-refractivity contribution in [3.63, 3.8) is 0 Å². The van der Waals surface area contributed by atoms with E-state index >= 15 is 0 Å². The molecule has 0 aliphatic rings. The molecule has 0 spiro atoms. The molecule has 0 saturated carbocycles. The van der Waals surface area contributed by atoms with Crippen LogP contribution in [0.15, 0.2) is 56.3 Å². The van der Waals surface area contributed by atoms with Crippen LogP contribution in [0.2, 0.25) is 0 Å². The number of fused-ring (bicyclic) bond motifs is 1. The molecule has 3 aromatic rings. The van der Waals surface area contributed by atoms with Gasteiger partial charge < -0.3 is 24.8 Å². The molecule has 144 valence electrons. The Hall–Kier alpha value is -2.49. The van der Waals surface area contributed by atoms with Crippen molar-refractivity contribution in [2.24, 2.45) is 10.7 Å². The summed E-state index contributed by atoms with van der Waals surface area (Å²) in [5.41, 5.74) is 6.07. The minimum atomic E-state index is -0.589. The molecule has 0 aliphatic heterocycles. The number of furan rings is 2. The molecule has 0 unspecified atom stereocenters. The number of carbonyl (C=O) groups is 1. The van der Waals surface area contributed by atoms with Gasteiger partial charge in [0.25, 0.3) is 5.91 Å². The van der Waals surface area contributed by atoms with E-state index in [0.29, 0.717) is 24.8 Å². The van der Waals surface area contributed by atoms with Gasteiger partial charge in [-0.2, -0.15) is 0 Å². The summed E-state index contributed by atoms with van der Waals surface area (Å²) in [4.78, 5) is 17.6. The van der Waals surface area contributed by atoms with E-state index in [4.69, 9.17) is 14.6 Å². The smallest absolute Gasteiger partial charge is 0.284 e. The molecule has 3 N–H and O–H groups in total. The van der Waals surface area contributed by atoms with Crippen LogP contribution in [0.4, 0.5) is 0 Å². The van der Waals surface area contributed by atoms with Crippen molar-refractivity contribution in [3.8, 4) is 0 Å². The number of amides is 1. The third-order valence-corrected chi connectivity index (χ3v) is 3.86. The van der Waals surface area contributed by atoms with Gasteiger partial charge in [-0.25, -0.2) is 4.99 Å². The molecular formula is C19H23IN4O3. The number of nitrogens with zero attached hydrogens (tertiary/aromatic N) is 2. The second-order valence-electron chi connectivity index (χ2n) is 5.91. The summed E-state index contributed by atoms with van der Waals surface area (Å²) >= 11 is 0. The van der Waals surface area contributed by atoms with Gasteiger partial charge in [0, 0.05) is 19.0 Å². The predicted molar refractivity (Wildman–Crippen MR) is 115 cm³/mol. The summed E-state index contributed by atoms with van der Waals surface area (Å²) in [7, 11) is 1.94. The van der Waals surface area contributed by atoms with Crippen LogP contribution in [0.5, 0.6) is 0 Å². The van der Waals surface area contributed by atoms with E-state index in [2.05, 4.69) is 10.3 Å². The van der Waals surface area contributed by atoms with Crippen LogP contribution in [0.25, 0.3) is 11.0 Å². The SMILES string of the molecule is CCNC(=NCc1ccc(C(N)=O)o1)N(C)Cc1cc2ccccc2o1.I. The van der Waals surface area contributed by atoms with E-state index < -0.39 is 5.91 Å². The lowest BCUT2D eigenvalue weighted by molar-refractivity contribution is 0.0972. The van der Waals surface area contributed by atoms with Crippen molar-refractivity contribution in [2.45, 2.75) is 20.0 Å². The van der Waals surface area contributed by atoms with Crippen molar-refractivity contribution >= 4 is 46.8 Å². The number of halogens is 1. The van der Waals surface area contributed by atoms with Crippen molar-refractivity contribution in [1.82, 2.24) is 10.2 Å². The highest BCUT2D eigenvalue weighted by atomic mass is 127. The number of para-hydroxylation sites is 1. The third-order valence-electron chi connectivity index (χ3n) is 3.86. The second kappa shape index (κ2) is 9.45. The maximum atomic E-state index is 11.1. The minimum absolute atomic E-state index is 0. The molecule has 2 heterocycles. The van der Waals surface area contributed by atoms with Crippen LogP contribution in [0, 0.1) is 0 Å². The molecule has 0 aliphatic carbocycles. The zero-order chi connectivity index (χ0) is 18.5. The normalized spacial score (nSPS) is 11.3. The molecule has 0 bridgehead atoms. The van der Waals surface area contributed by atoms with Gasteiger partial charge in [0.1, 0.15) is 23.6 Å². The number of hydrogen-bond acceptors (Lipinski definition) is 4. The lowest BCUT2D eigenvalue weighted by Crippen LogP contribution is -2.38. The minimum Gasteiger partial charge on any atom is -0.459 e. The van der Waals surface area contributed by atoms with Crippen molar-refractivity contribution in [3.05, 3.63) is 59.7 Å². The fourth-order valence-electron chi connectivity index (χ4n) is 2.64. The van der Waals surface area contributed by atoms with Crippen LogP contribution in [0.3, 0.4) is 0 Å². The van der Waals surface area contributed by atoms with Crippen LogP contribution >= 0.6 is 24.0 Å². The molecule has 3 rings (SSSR count). The first-order valence-corrected chi connectivity index (χ1v) is 8.42. The maximum Gasteiger partial charge on any atom is 0.284 e. The quantitative estimate of drug-likeness (QED) is 0.319. The Morgan fingerprint density at radius 1 is 1.19 bits per heavy atom. The summed E-state index contributed by atoms with van der Waals surface area (Å²) in [6, 6.07) is 13.2. The fraction of sp³-hybridized carbons (Fsp3) is 0.263. The molecular weight excluding hydrogens is 459 g/mol. The molecule has 0 radical (unpaired) electrons. The number of benzene rings is 1. The molecule has 1 amide bonds. The Morgan fingerprint density at radius 2 is 1.96 bits per heavy atom. The van der Waals surface area contributed by atoms with E-state index in [1.165, 1.54) is 0 Å². The number of nitrogens with two attached hydrogens (primary N) is 1. The van der Waals surface area contributed by atoms with E-state index in [-0.39, 0.29) is 29.7 Å². The highest BCUT2D eigenvalue weighted by Gasteiger charge is 2.11. The maximum absolute atomic E-state index is 11.1. The number of guanidine groups is 1. The lowest BCUT2D eigenvalue weighted by Gasteiger charge is -2.20. The second-order valence-corrected chi connectivity index (χ2v) is 5.91. The van der Waals surface area contributed by atoms with Crippen LogP contribution < -0.4 is 11.1 Å². The molecule has 0 saturated heterocycles. The fourth-order valence-corrected chi connectivity index (χ4v) is 2.64. The Kier molecular flexibility index (Phi) is 7.28. The van der Waals surface area contributed by atoms with Crippen LogP contribution in [-0.2, 0) is 13.1 Å². The number of primary amides is 1. The summed E-state index contributed by atoms with van der Waals surface area (Å²) in [5, 5.41) is 4.31. The number of hydrogen-bond donors (Lipinski definition) is 2. The van der Waals surface area contributed by atoms with Gasteiger partial charge >= 0.3 is 0 Å². The van der Waals surface area contributed by atoms with E-state index in [1.54, 1.807) is 12.1 Å². The summed E-state index contributed by atoms with van der Waals surface area (Å²) in [6.07, 6.45) is 0. The first-order chi connectivity index (χ1) is 12.6. The van der Waals surface area contributed by atoms with Gasteiger partial charge in [0.2, 0.25) is 0 Å². The highest BCUT2D eigenvalue weighted by Crippen LogP contribution is 2.19. The van der Waals surface area contributed by atoms with Crippen LogP contribution in [0.1, 0.15) is 29.0 Å². The predicted octanol–water partition coefficient (Wildman–Crippen LogP) is 3.34. The number of aliphatic imine (C=N–C) groups is 1. The topological polar surface area (TPSA) is 97.0 Å². The summed E-state index contributed by atoms with van der Waals surface area (Å²) in [6.45, 7) is 3.61. The van der Waals surface area contributed by atoms with Crippen molar-refractivity contribution in [2.75, 3.05) is 13.6 Å². The van der Waals surface area contributed by atoms with Gasteiger partial charge in [-0.3, -0.25) is 4.79 Å². The monoisotopic (exact) mass is 482 g/mol. The largest absolute Gasteiger partial charge is 0.459 e. The molecule has 8 heteroatoms. The van der Waals surface area contributed by atoms with E-state index in [0.717, 1.165) is 23.3 Å². The molecule has 0 atom stereocenters. The molecule has 0 fully saturated rings. The number of nitrogens with one attached hydrogen (secondary N) is 1. The van der Waals surface area contributed by atoms with E-state index in [9.17, 15) is 4.79 Å². The standard InChI is InChI=1S/C19H22N4O3.HI/c1-3-21-19(22-11-14-8-9-17(25-14)18(20)24)23(2)12-15-10-13-6-4-5-7-16(13)26-15;/h4-10H,3,11-12H2,1-2H3,(H2,20,24)(H,21,22);1H. The van der Waals surface area contributed by atoms with E-state index in [1.807, 2.05) is 49.2 Å². The third kappa shape index (κ3) is 5.25. The molecule has 7 nitrogen and oxygen atoms in total. The zero-order valence-electron chi connectivity index (χ0n) is 15.3. The highest BCUT2D eigenvalue weighted by molar-refractivity contribution is 14.0. The molecule has 27 heavy (non-hydrogen) atoms. The molecule has 1 aromatic carbocycles. The van der Waals surface area contributed by atoms with Gasteiger partial charge in [0.05, 0.1) is 6.54 Å². The summed E-state index contributed by atoms with van der Waals surface area (Å²) in [5.74, 6) is 1.69. The van der Waals surface area contributed by atoms with Crippen LogP contribution in [-0.4, -0.2) is 30.4 Å². The summed E-state index contributed by atoms with van der Waals surface area (Å²) < 4.78 is 11.2. The van der Waals surface area contributed by atoms with Gasteiger partial charge in [-0.05, 0) is 31.2 Å². The Labute approximate surface area is 174 Å². The average Bonchev–Trinajstić information content (AvgIpc) is 3.24. The Balaban J connectivity index is 0.00000261. The van der Waals surface area contributed by atoms with Gasteiger partial charge in [-0.1, -0.05) is 18.2 Å². The van der Waals surface area contributed by atoms with Gasteiger partial charge in [0.15, 0.2) is 11.7 Å². The Bertz CT molecular complexity index is 899. The van der Waals surface area contributed by atoms with Crippen molar-refractivity contribution < 1.29 is 13.6 Å². The zero-order valence-corrected chi connectivity index (χ0v) is 17.6. The number of carbonyl (C=O) groups excluding carboxylic acids is 1. The molecule has 2 aromatic heterocycles. The number of rotatable bonds is 6. The average molecular weight is 482 g/mol. The van der Waals surface area contributed by atoms with Gasteiger partial charge in [-0.15, -0.1) is 24.0 Å².